The van der Waals surface area contributed by atoms with E-state index in [9.17, 15) is 0 Å². The SMILES string of the molecule is Cc1ccc(NC(CN)c2ccc(C)o2)cc1. The zero-order valence-electron chi connectivity index (χ0n) is 10.2. The Morgan fingerprint density at radius 3 is 2.35 bits per heavy atom. The first-order valence-electron chi connectivity index (χ1n) is 5.78. The minimum Gasteiger partial charge on any atom is -0.464 e. The third-order valence-electron chi connectivity index (χ3n) is 2.73. The van der Waals surface area contributed by atoms with E-state index >= 15 is 0 Å². The molecule has 0 amide bonds. The summed E-state index contributed by atoms with van der Waals surface area (Å²) in [5.41, 5.74) is 8.07. The van der Waals surface area contributed by atoms with Crippen LogP contribution in [-0.4, -0.2) is 6.54 Å². The minimum absolute atomic E-state index is 0.0198. The van der Waals surface area contributed by atoms with E-state index < -0.39 is 0 Å². The molecule has 3 nitrogen and oxygen atoms in total. The molecular formula is C14H18N2O. The standard InChI is InChI=1S/C14H18N2O/c1-10-3-6-12(7-4-10)16-13(9-15)14-8-5-11(2)17-14/h3-8,13,16H,9,15H2,1-2H3. The Hall–Kier alpha value is -1.74. The Morgan fingerprint density at radius 1 is 1.12 bits per heavy atom. The summed E-state index contributed by atoms with van der Waals surface area (Å²) in [6.07, 6.45) is 0. The Labute approximate surface area is 102 Å². The van der Waals surface area contributed by atoms with Crippen molar-refractivity contribution in [1.29, 1.82) is 0 Å². The molecule has 2 rings (SSSR count). The first-order valence-corrected chi connectivity index (χ1v) is 5.78. The maximum atomic E-state index is 5.77. The number of anilines is 1. The molecule has 3 N–H and O–H groups in total. The lowest BCUT2D eigenvalue weighted by Crippen LogP contribution is -2.20. The van der Waals surface area contributed by atoms with Gasteiger partial charge < -0.3 is 15.5 Å². The van der Waals surface area contributed by atoms with Gasteiger partial charge in [0.05, 0.1) is 6.04 Å². The average molecular weight is 230 g/mol. The van der Waals surface area contributed by atoms with Crippen LogP contribution >= 0.6 is 0 Å². The van der Waals surface area contributed by atoms with Crippen LogP contribution in [0.25, 0.3) is 0 Å². The highest BCUT2D eigenvalue weighted by molar-refractivity contribution is 5.46. The Bertz CT molecular complexity index is 473. The average Bonchev–Trinajstić information content (AvgIpc) is 2.75. The van der Waals surface area contributed by atoms with Gasteiger partial charge in [-0.25, -0.2) is 0 Å². The first kappa shape index (κ1) is 11.7. The fourth-order valence-electron chi connectivity index (χ4n) is 1.74. The van der Waals surface area contributed by atoms with Crippen LogP contribution in [0.3, 0.4) is 0 Å². The zero-order chi connectivity index (χ0) is 12.3. The number of nitrogens with two attached hydrogens (primary N) is 1. The quantitative estimate of drug-likeness (QED) is 0.849. The minimum atomic E-state index is 0.0198. The molecule has 1 unspecified atom stereocenters. The second-order valence-corrected chi connectivity index (χ2v) is 4.25. The molecular weight excluding hydrogens is 212 g/mol. The van der Waals surface area contributed by atoms with Gasteiger partial charge in [0.1, 0.15) is 11.5 Å². The van der Waals surface area contributed by atoms with Crippen LogP contribution in [0.1, 0.15) is 23.1 Å². The van der Waals surface area contributed by atoms with Crippen molar-refractivity contribution < 1.29 is 4.42 Å². The van der Waals surface area contributed by atoms with Crippen LogP contribution in [0.4, 0.5) is 5.69 Å². The third kappa shape index (κ3) is 2.88. The highest BCUT2D eigenvalue weighted by atomic mass is 16.3. The molecule has 1 aromatic heterocycles. The van der Waals surface area contributed by atoms with E-state index in [1.165, 1.54) is 5.56 Å². The summed E-state index contributed by atoms with van der Waals surface area (Å²) in [6.45, 7) is 4.50. The number of furan rings is 1. The van der Waals surface area contributed by atoms with Gasteiger partial charge in [0.2, 0.25) is 0 Å². The number of nitrogens with one attached hydrogen (secondary N) is 1. The van der Waals surface area contributed by atoms with Crippen LogP contribution in [0.15, 0.2) is 40.8 Å². The molecule has 3 heteroatoms. The normalized spacial score (nSPS) is 12.4. The second-order valence-electron chi connectivity index (χ2n) is 4.25. The van der Waals surface area contributed by atoms with Gasteiger partial charge >= 0.3 is 0 Å². The molecule has 17 heavy (non-hydrogen) atoms. The Balaban J connectivity index is 2.12. The smallest absolute Gasteiger partial charge is 0.127 e. The molecule has 0 spiro atoms. The third-order valence-corrected chi connectivity index (χ3v) is 2.73. The van der Waals surface area contributed by atoms with Crippen LogP contribution in [0, 0.1) is 13.8 Å². The highest BCUT2D eigenvalue weighted by Crippen LogP contribution is 2.20. The fraction of sp³-hybridized carbons (Fsp3) is 0.286. The summed E-state index contributed by atoms with van der Waals surface area (Å²) >= 11 is 0. The fourth-order valence-corrected chi connectivity index (χ4v) is 1.74. The van der Waals surface area contributed by atoms with Gasteiger partial charge in [-0.1, -0.05) is 17.7 Å². The highest BCUT2D eigenvalue weighted by Gasteiger charge is 2.12. The molecule has 0 radical (unpaired) electrons. The van der Waals surface area contributed by atoms with Crippen molar-refractivity contribution in [3.05, 3.63) is 53.5 Å². The van der Waals surface area contributed by atoms with Crippen molar-refractivity contribution in [2.75, 3.05) is 11.9 Å². The van der Waals surface area contributed by atoms with Crippen molar-refractivity contribution in [1.82, 2.24) is 0 Å². The molecule has 0 aliphatic heterocycles. The van der Waals surface area contributed by atoms with Gasteiger partial charge in [0.25, 0.3) is 0 Å². The van der Waals surface area contributed by atoms with Gasteiger partial charge in [0, 0.05) is 12.2 Å². The van der Waals surface area contributed by atoms with Crippen molar-refractivity contribution in [3.8, 4) is 0 Å². The summed E-state index contributed by atoms with van der Waals surface area (Å²) in [4.78, 5) is 0. The largest absolute Gasteiger partial charge is 0.464 e. The number of aryl methyl sites for hydroxylation is 2. The van der Waals surface area contributed by atoms with Crippen LogP contribution in [0.2, 0.25) is 0 Å². The Morgan fingerprint density at radius 2 is 1.82 bits per heavy atom. The lowest BCUT2D eigenvalue weighted by atomic mass is 10.2. The molecule has 90 valence electrons. The molecule has 0 aliphatic carbocycles. The molecule has 1 atom stereocenters. The summed E-state index contributed by atoms with van der Waals surface area (Å²) < 4.78 is 5.59. The van der Waals surface area contributed by atoms with Crippen LogP contribution in [0.5, 0.6) is 0 Å². The number of hydrogen-bond donors (Lipinski definition) is 2. The molecule has 0 bridgehead atoms. The first-order chi connectivity index (χ1) is 8.19. The summed E-state index contributed by atoms with van der Waals surface area (Å²) in [7, 11) is 0. The molecule has 0 saturated carbocycles. The van der Waals surface area contributed by atoms with E-state index in [1.807, 2.05) is 31.2 Å². The summed E-state index contributed by atoms with van der Waals surface area (Å²) in [5, 5.41) is 3.37. The van der Waals surface area contributed by atoms with Crippen molar-refractivity contribution in [3.63, 3.8) is 0 Å². The van der Waals surface area contributed by atoms with Gasteiger partial charge in [-0.3, -0.25) is 0 Å². The van der Waals surface area contributed by atoms with E-state index in [1.54, 1.807) is 0 Å². The monoisotopic (exact) mass is 230 g/mol. The summed E-state index contributed by atoms with van der Waals surface area (Å²) in [5.74, 6) is 1.79. The van der Waals surface area contributed by atoms with Crippen LogP contribution in [-0.2, 0) is 0 Å². The molecule has 2 aromatic rings. The van der Waals surface area contributed by atoms with E-state index in [4.69, 9.17) is 10.2 Å². The van der Waals surface area contributed by atoms with E-state index in [0.29, 0.717) is 6.54 Å². The predicted molar refractivity (Wildman–Crippen MR) is 70.0 cm³/mol. The Kier molecular flexibility index (Phi) is 3.49. The molecule has 0 aliphatic rings. The van der Waals surface area contributed by atoms with Gasteiger partial charge in [-0.2, -0.15) is 0 Å². The second kappa shape index (κ2) is 5.06. The molecule has 0 fully saturated rings. The molecule has 0 saturated heterocycles. The topological polar surface area (TPSA) is 51.2 Å². The van der Waals surface area contributed by atoms with E-state index in [-0.39, 0.29) is 6.04 Å². The van der Waals surface area contributed by atoms with Crippen molar-refractivity contribution >= 4 is 5.69 Å². The summed E-state index contributed by atoms with van der Waals surface area (Å²) in [6, 6.07) is 12.2. The van der Waals surface area contributed by atoms with Gasteiger partial charge in [-0.15, -0.1) is 0 Å². The molecule has 1 heterocycles. The maximum Gasteiger partial charge on any atom is 0.127 e. The lowest BCUT2D eigenvalue weighted by molar-refractivity contribution is 0.459. The molecule has 1 aromatic carbocycles. The van der Waals surface area contributed by atoms with Crippen molar-refractivity contribution in [2.24, 2.45) is 5.73 Å². The van der Waals surface area contributed by atoms with Crippen molar-refractivity contribution in [2.45, 2.75) is 19.9 Å². The predicted octanol–water partition coefficient (Wildman–Crippen LogP) is 3.01. The zero-order valence-corrected chi connectivity index (χ0v) is 10.2. The van der Waals surface area contributed by atoms with E-state index in [2.05, 4.69) is 24.4 Å². The number of benzene rings is 1. The number of rotatable bonds is 4. The van der Waals surface area contributed by atoms with Crippen LogP contribution < -0.4 is 11.1 Å². The number of hydrogen-bond acceptors (Lipinski definition) is 3. The van der Waals surface area contributed by atoms with E-state index in [0.717, 1.165) is 17.2 Å². The lowest BCUT2D eigenvalue weighted by Gasteiger charge is -2.16. The maximum absolute atomic E-state index is 5.77. The van der Waals surface area contributed by atoms with Gasteiger partial charge in [0.15, 0.2) is 0 Å². The van der Waals surface area contributed by atoms with Gasteiger partial charge in [-0.05, 0) is 38.1 Å².